The Morgan fingerprint density at radius 2 is 1.85 bits per heavy atom. The maximum absolute atomic E-state index is 12.6. The zero-order valence-electron chi connectivity index (χ0n) is 19.3. The number of amides is 1. The van der Waals surface area contributed by atoms with Crippen LogP contribution in [0.25, 0.3) is 11.3 Å². The third-order valence-electron chi connectivity index (χ3n) is 5.76. The van der Waals surface area contributed by atoms with Crippen LogP contribution in [0.15, 0.2) is 47.8 Å². The minimum atomic E-state index is -0.0373. The number of ether oxygens (including phenoxy) is 2. The largest absolute Gasteiger partial charge is 0.497 e. The molecule has 0 spiro atoms. The van der Waals surface area contributed by atoms with Gasteiger partial charge in [-0.25, -0.2) is 4.98 Å². The summed E-state index contributed by atoms with van der Waals surface area (Å²) >= 11 is 1.41. The number of piperazine rings is 1. The van der Waals surface area contributed by atoms with E-state index < -0.39 is 0 Å². The fraction of sp³-hybridized carbons (Fsp3) is 0.360. The van der Waals surface area contributed by atoms with Gasteiger partial charge in [0.1, 0.15) is 11.5 Å². The van der Waals surface area contributed by atoms with E-state index in [1.165, 1.54) is 22.5 Å². The molecule has 1 aliphatic heterocycles. The molecule has 1 amide bonds. The fourth-order valence-electron chi connectivity index (χ4n) is 4.00. The molecule has 7 nitrogen and oxygen atoms in total. The van der Waals surface area contributed by atoms with Gasteiger partial charge in [-0.05, 0) is 24.6 Å². The van der Waals surface area contributed by atoms with Gasteiger partial charge in [0.25, 0.3) is 0 Å². The Labute approximate surface area is 199 Å². The predicted molar refractivity (Wildman–Crippen MR) is 132 cm³/mol. The smallest absolute Gasteiger partial charge is 0.240 e. The van der Waals surface area contributed by atoms with E-state index in [1.54, 1.807) is 14.2 Å². The number of anilines is 1. The predicted octanol–water partition coefficient (Wildman–Crippen LogP) is 3.89. The lowest BCUT2D eigenvalue weighted by atomic mass is 10.1. The Kier molecular flexibility index (Phi) is 7.59. The van der Waals surface area contributed by atoms with E-state index >= 15 is 0 Å². The second kappa shape index (κ2) is 10.8. The molecule has 0 radical (unpaired) electrons. The van der Waals surface area contributed by atoms with Gasteiger partial charge in [-0.3, -0.25) is 14.6 Å². The summed E-state index contributed by atoms with van der Waals surface area (Å²) in [6.45, 7) is 7.13. The number of nitrogens with one attached hydrogen (secondary N) is 1. The molecule has 0 saturated carbocycles. The molecule has 8 heteroatoms. The van der Waals surface area contributed by atoms with Crippen LogP contribution in [-0.2, 0) is 11.3 Å². The summed E-state index contributed by atoms with van der Waals surface area (Å²) in [7, 11) is 3.24. The molecule has 1 aromatic heterocycles. The van der Waals surface area contributed by atoms with Crippen LogP contribution in [0, 0.1) is 6.92 Å². The lowest BCUT2D eigenvalue weighted by molar-refractivity contribution is -0.117. The van der Waals surface area contributed by atoms with Crippen molar-refractivity contribution in [2.45, 2.75) is 13.5 Å². The van der Waals surface area contributed by atoms with Crippen LogP contribution in [0.4, 0.5) is 5.13 Å². The van der Waals surface area contributed by atoms with Crippen LogP contribution >= 0.6 is 11.3 Å². The third-order valence-corrected chi connectivity index (χ3v) is 6.51. The molecule has 4 rings (SSSR count). The minimum absolute atomic E-state index is 0.0373. The molecule has 1 fully saturated rings. The quantitative estimate of drug-likeness (QED) is 0.543. The summed E-state index contributed by atoms with van der Waals surface area (Å²) in [4.78, 5) is 21.8. The van der Waals surface area contributed by atoms with E-state index in [4.69, 9.17) is 9.47 Å². The van der Waals surface area contributed by atoms with Crippen LogP contribution < -0.4 is 14.8 Å². The number of rotatable bonds is 8. The number of thiazole rings is 1. The highest BCUT2D eigenvalue weighted by atomic mass is 32.1. The van der Waals surface area contributed by atoms with Gasteiger partial charge in [0, 0.05) is 49.7 Å². The lowest BCUT2D eigenvalue weighted by Gasteiger charge is -2.34. The van der Waals surface area contributed by atoms with Crippen molar-refractivity contribution in [2.75, 3.05) is 52.3 Å². The number of methoxy groups -OCH3 is 2. The maximum Gasteiger partial charge on any atom is 0.240 e. The molecule has 0 aliphatic carbocycles. The molecule has 1 saturated heterocycles. The summed E-state index contributed by atoms with van der Waals surface area (Å²) in [5, 5.41) is 5.45. The molecule has 174 valence electrons. The molecule has 1 N–H and O–H groups in total. The molecular weight excluding hydrogens is 436 g/mol. The summed E-state index contributed by atoms with van der Waals surface area (Å²) in [5.41, 5.74) is 4.26. The van der Waals surface area contributed by atoms with Crippen molar-refractivity contribution in [3.8, 4) is 22.8 Å². The van der Waals surface area contributed by atoms with Crippen LogP contribution in [-0.4, -0.2) is 67.6 Å². The Morgan fingerprint density at radius 1 is 1.06 bits per heavy atom. The monoisotopic (exact) mass is 466 g/mol. The second-order valence-corrected chi connectivity index (χ2v) is 9.05. The first-order chi connectivity index (χ1) is 16.0. The average Bonchev–Trinajstić information content (AvgIpc) is 3.28. The molecule has 2 aromatic carbocycles. The topological polar surface area (TPSA) is 66.9 Å². The van der Waals surface area contributed by atoms with E-state index in [2.05, 4.69) is 51.3 Å². The summed E-state index contributed by atoms with van der Waals surface area (Å²) in [6, 6.07) is 14.3. The third kappa shape index (κ3) is 6.10. The number of hydrogen-bond acceptors (Lipinski definition) is 7. The first-order valence-electron chi connectivity index (χ1n) is 11.0. The molecule has 0 bridgehead atoms. The number of aromatic nitrogens is 1. The van der Waals surface area contributed by atoms with E-state index in [9.17, 15) is 4.79 Å². The van der Waals surface area contributed by atoms with Crippen molar-refractivity contribution < 1.29 is 14.3 Å². The van der Waals surface area contributed by atoms with Gasteiger partial charge in [0.15, 0.2) is 5.13 Å². The molecule has 0 atom stereocenters. The number of nitrogens with zero attached hydrogens (tertiary/aromatic N) is 3. The zero-order chi connectivity index (χ0) is 23.2. The number of hydrogen-bond donors (Lipinski definition) is 1. The van der Waals surface area contributed by atoms with Gasteiger partial charge < -0.3 is 14.8 Å². The van der Waals surface area contributed by atoms with E-state index in [-0.39, 0.29) is 5.91 Å². The number of carbonyl (C=O) groups is 1. The van der Waals surface area contributed by atoms with E-state index in [1.807, 2.05) is 23.6 Å². The molecule has 1 aliphatic rings. The van der Waals surface area contributed by atoms with Crippen molar-refractivity contribution in [1.29, 1.82) is 0 Å². The van der Waals surface area contributed by atoms with Gasteiger partial charge in [0.05, 0.1) is 26.5 Å². The Bertz CT molecular complexity index is 1090. The average molecular weight is 467 g/mol. The first kappa shape index (κ1) is 23.2. The van der Waals surface area contributed by atoms with Crippen molar-refractivity contribution >= 4 is 22.4 Å². The van der Waals surface area contributed by atoms with E-state index in [0.717, 1.165) is 49.7 Å². The second-order valence-electron chi connectivity index (χ2n) is 8.19. The first-order valence-corrected chi connectivity index (χ1v) is 11.9. The summed E-state index contributed by atoms with van der Waals surface area (Å²) in [6.07, 6.45) is 0. The van der Waals surface area contributed by atoms with Gasteiger partial charge in [-0.15, -0.1) is 11.3 Å². The SMILES string of the molecule is COc1ccc(-c2csc(NC(=O)CN3CCN(Cc4cccc(C)c4)CC3)n2)c(OC)c1. The van der Waals surface area contributed by atoms with Crippen molar-refractivity contribution in [1.82, 2.24) is 14.8 Å². The molecular formula is C25H30N4O3S. The maximum atomic E-state index is 12.6. The van der Waals surface area contributed by atoms with Gasteiger partial charge in [-0.2, -0.15) is 0 Å². The fourth-order valence-corrected chi connectivity index (χ4v) is 4.73. The molecule has 0 unspecified atom stereocenters. The van der Waals surface area contributed by atoms with Gasteiger partial charge >= 0.3 is 0 Å². The summed E-state index contributed by atoms with van der Waals surface area (Å²) in [5.74, 6) is 1.36. The van der Waals surface area contributed by atoms with Crippen molar-refractivity contribution in [3.63, 3.8) is 0 Å². The van der Waals surface area contributed by atoms with Crippen molar-refractivity contribution in [2.24, 2.45) is 0 Å². The highest BCUT2D eigenvalue weighted by Gasteiger charge is 2.20. The normalized spacial score (nSPS) is 14.8. The number of carbonyl (C=O) groups excluding carboxylic acids is 1. The van der Waals surface area contributed by atoms with Crippen LogP contribution in [0.2, 0.25) is 0 Å². The van der Waals surface area contributed by atoms with Gasteiger partial charge in [-0.1, -0.05) is 29.8 Å². The molecule has 33 heavy (non-hydrogen) atoms. The highest BCUT2D eigenvalue weighted by molar-refractivity contribution is 7.14. The number of aryl methyl sites for hydroxylation is 1. The molecule has 2 heterocycles. The Hall–Kier alpha value is -2.94. The standard InChI is InChI=1S/C25H30N4O3S/c1-18-5-4-6-19(13-18)15-28-9-11-29(12-10-28)16-24(30)27-25-26-22(17-33-25)21-8-7-20(31-2)14-23(21)32-3/h4-8,13-14,17H,9-12,15-16H2,1-3H3,(H,26,27,30). The molecule has 3 aromatic rings. The van der Waals surface area contributed by atoms with Gasteiger partial charge in [0.2, 0.25) is 5.91 Å². The Balaban J connectivity index is 1.28. The van der Waals surface area contributed by atoms with Crippen LogP contribution in [0.5, 0.6) is 11.5 Å². The lowest BCUT2D eigenvalue weighted by Crippen LogP contribution is -2.48. The summed E-state index contributed by atoms with van der Waals surface area (Å²) < 4.78 is 10.7. The number of benzene rings is 2. The minimum Gasteiger partial charge on any atom is -0.497 e. The highest BCUT2D eigenvalue weighted by Crippen LogP contribution is 2.34. The van der Waals surface area contributed by atoms with E-state index in [0.29, 0.717) is 17.4 Å². The van der Waals surface area contributed by atoms with Crippen LogP contribution in [0.1, 0.15) is 11.1 Å². The van der Waals surface area contributed by atoms with Crippen molar-refractivity contribution in [3.05, 3.63) is 59.0 Å². The Morgan fingerprint density at radius 3 is 2.58 bits per heavy atom. The zero-order valence-corrected chi connectivity index (χ0v) is 20.2. The van der Waals surface area contributed by atoms with Crippen LogP contribution in [0.3, 0.4) is 0 Å².